The van der Waals surface area contributed by atoms with Gasteiger partial charge in [-0.05, 0) is 37.3 Å². The van der Waals surface area contributed by atoms with Crippen molar-refractivity contribution in [2.45, 2.75) is 24.4 Å². The molecule has 0 N–H and O–H groups in total. The van der Waals surface area contributed by atoms with Crippen LogP contribution in [-0.4, -0.2) is 14.5 Å². The molecule has 0 aliphatic carbocycles. The van der Waals surface area contributed by atoms with Crippen molar-refractivity contribution in [1.82, 2.24) is 14.5 Å². The first-order valence-electron chi connectivity index (χ1n) is 8.48. The molecule has 0 saturated carbocycles. The molecular formula is C20H16ClN3O2S. The van der Waals surface area contributed by atoms with Crippen LogP contribution in [0.1, 0.15) is 12.6 Å². The van der Waals surface area contributed by atoms with Crippen LogP contribution in [0, 0.1) is 0 Å². The summed E-state index contributed by atoms with van der Waals surface area (Å²) in [6.45, 7) is 2.50. The minimum absolute atomic E-state index is 0.0228. The van der Waals surface area contributed by atoms with Crippen LogP contribution >= 0.6 is 23.4 Å². The van der Waals surface area contributed by atoms with Gasteiger partial charge in [0.15, 0.2) is 5.16 Å². The van der Waals surface area contributed by atoms with Gasteiger partial charge in [0.1, 0.15) is 6.26 Å². The number of rotatable bonds is 5. The topological polar surface area (TPSA) is 60.9 Å². The van der Waals surface area contributed by atoms with Crippen LogP contribution in [0.5, 0.6) is 0 Å². The highest BCUT2D eigenvalue weighted by atomic mass is 35.5. The summed E-state index contributed by atoms with van der Waals surface area (Å²) in [4.78, 5) is 21.8. The molecule has 0 bridgehead atoms. The van der Waals surface area contributed by atoms with Crippen molar-refractivity contribution in [2.75, 3.05) is 0 Å². The SMILES string of the molecule is CCn1c(SCc2coc(-c3cccc(Cl)c3)n2)nc2ccccc2c1=O. The number of halogens is 1. The predicted molar refractivity (Wildman–Crippen MR) is 108 cm³/mol. The Morgan fingerprint density at radius 1 is 1.15 bits per heavy atom. The summed E-state index contributed by atoms with van der Waals surface area (Å²) >= 11 is 7.49. The van der Waals surface area contributed by atoms with E-state index in [-0.39, 0.29) is 5.56 Å². The third kappa shape index (κ3) is 3.63. The quantitative estimate of drug-likeness (QED) is 0.349. The molecule has 0 unspecified atom stereocenters. The molecule has 7 heteroatoms. The molecule has 0 aliphatic heterocycles. The molecule has 0 radical (unpaired) electrons. The summed E-state index contributed by atoms with van der Waals surface area (Å²) in [5, 5.41) is 1.94. The van der Waals surface area contributed by atoms with Gasteiger partial charge in [0.25, 0.3) is 5.56 Å². The lowest BCUT2D eigenvalue weighted by Crippen LogP contribution is -2.22. The van der Waals surface area contributed by atoms with Gasteiger partial charge in [0.2, 0.25) is 5.89 Å². The molecular weight excluding hydrogens is 382 g/mol. The molecule has 0 atom stereocenters. The molecule has 0 aliphatic rings. The monoisotopic (exact) mass is 397 g/mol. The van der Waals surface area contributed by atoms with E-state index in [0.717, 1.165) is 11.3 Å². The van der Waals surface area contributed by atoms with E-state index in [1.165, 1.54) is 11.8 Å². The number of hydrogen-bond acceptors (Lipinski definition) is 5. The summed E-state index contributed by atoms with van der Waals surface area (Å²) < 4.78 is 7.26. The maximum Gasteiger partial charge on any atom is 0.262 e. The van der Waals surface area contributed by atoms with E-state index in [1.807, 2.05) is 43.3 Å². The van der Waals surface area contributed by atoms with Gasteiger partial charge < -0.3 is 4.42 Å². The second-order valence-corrected chi connectivity index (χ2v) is 7.28. The van der Waals surface area contributed by atoms with Crippen molar-refractivity contribution in [2.24, 2.45) is 0 Å². The van der Waals surface area contributed by atoms with Crippen LogP contribution in [-0.2, 0) is 12.3 Å². The molecule has 0 fully saturated rings. The average molecular weight is 398 g/mol. The lowest BCUT2D eigenvalue weighted by molar-refractivity contribution is 0.573. The van der Waals surface area contributed by atoms with Crippen molar-refractivity contribution in [3.05, 3.63) is 75.9 Å². The molecule has 2 aromatic carbocycles. The van der Waals surface area contributed by atoms with Gasteiger partial charge in [-0.25, -0.2) is 9.97 Å². The van der Waals surface area contributed by atoms with Crippen LogP contribution in [0.15, 0.2) is 69.2 Å². The lowest BCUT2D eigenvalue weighted by Gasteiger charge is -2.10. The minimum Gasteiger partial charge on any atom is -0.444 e. The van der Waals surface area contributed by atoms with E-state index < -0.39 is 0 Å². The Kier molecular flexibility index (Phi) is 5.01. The molecule has 0 spiro atoms. The van der Waals surface area contributed by atoms with Crippen molar-refractivity contribution < 1.29 is 4.42 Å². The highest BCUT2D eigenvalue weighted by molar-refractivity contribution is 7.98. The Bertz CT molecular complexity index is 1170. The minimum atomic E-state index is -0.0228. The van der Waals surface area contributed by atoms with Gasteiger partial charge in [-0.15, -0.1) is 0 Å². The van der Waals surface area contributed by atoms with E-state index in [1.54, 1.807) is 23.0 Å². The van der Waals surface area contributed by atoms with Crippen LogP contribution in [0.25, 0.3) is 22.4 Å². The number of oxazole rings is 1. The number of nitrogens with zero attached hydrogens (tertiary/aromatic N) is 3. The Balaban J connectivity index is 1.60. The van der Waals surface area contributed by atoms with Crippen molar-refractivity contribution in [3.8, 4) is 11.5 Å². The Morgan fingerprint density at radius 2 is 2.00 bits per heavy atom. The third-order valence-electron chi connectivity index (χ3n) is 4.12. The number of benzene rings is 2. The second-order valence-electron chi connectivity index (χ2n) is 5.90. The van der Waals surface area contributed by atoms with Gasteiger partial charge in [0, 0.05) is 22.9 Å². The molecule has 0 saturated heterocycles. The summed E-state index contributed by atoms with van der Waals surface area (Å²) in [6, 6.07) is 14.8. The number of para-hydroxylation sites is 1. The molecule has 2 aromatic heterocycles. The first-order valence-corrected chi connectivity index (χ1v) is 9.85. The van der Waals surface area contributed by atoms with E-state index >= 15 is 0 Å². The zero-order valence-corrected chi connectivity index (χ0v) is 16.1. The number of fused-ring (bicyclic) bond motifs is 1. The Morgan fingerprint density at radius 3 is 2.81 bits per heavy atom. The van der Waals surface area contributed by atoms with Gasteiger partial charge in [-0.3, -0.25) is 9.36 Å². The smallest absolute Gasteiger partial charge is 0.262 e. The zero-order valence-electron chi connectivity index (χ0n) is 14.6. The van der Waals surface area contributed by atoms with Crippen molar-refractivity contribution >= 4 is 34.3 Å². The number of hydrogen-bond donors (Lipinski definition) is 0. The molecule has 4 rings (SSSR count). The van der Waals surface area contributed by atoms with Gasteiger partial charge in [-0.1, -0.05) is 41.6 Å². The Hall–Kier alpha value is -2.57. The molecule has 0 amide bonds. The van der Waals surface area contributed by atoms with E-state index in [2.05, 4.69) is 9.97 Å². The Labute approximate surface area is 165 Å². The number of thioether (sulfide) groups is 1. The maximum atomic E-state index is 12.7. The summed E-state index contributed by atoms with van der Waals surface area (Å²) in [6.07, 6.45) is 1.62. The maximum absolute atomic E-state index is 12.7. The highest BCUT2D eigenvalue weighted by Crippen LogP contribution is 2.26. The second kappa shape index (κ2) is 7.58. The third-order valence-corrected chi connectivity index (χ3v) is 5.36. The molecule has 2 heterocycles. The highest BCUT2D eigenvalue weighted by Gasteiger charge is 2.12. The fourth-order valence-electron chi connectivity index (χ4n) is 2.80. The van der Waals surface area contributed by atoms with Crippen LogP contribution < -0.4 is 5.56 Å². The average Bonchev–Trinajstić information content (AvgIpc) is 3.16. The molecule has 27 heavy (non-hydrogen) atoms. The largest absolute Gasteiger partial charge is 0.444 e. The van der Waals surface area contributed by atoms with Crippen molar-refractivity contribution in [1.29, 1.82) is 0 Å². The van der Waals surface area contributed by atoms with E-state index in [0.29, 0.717) is 39.3 Å². The molecule has 5 nitrogen and oxygen atoms in total. The summed E-state index contributed by atoms with van der Waals surface area (Å²) in [5.41, 5.74) is 2.29. The summed E-state index contributed by atoms with van der Waals surface area (Å²) in [7, 11) is 0. The zero-order chi connectivity index (χ0) is 18.8. The fraction of sp³-hybridized carbons (Fsp3) is 0.150. The van der Waals surface area contributed by atoms with Crippen molar-refractivity contribution in [3.63, 3.8) is 0 Å². The first kappa shape index (κ1) is 17.8. The van der Waals surface area contributed by atoms with Crippen LogP contribution in [0.2, 0.25) is 5.02 Å². The van der Waals surface area contributed by atoms with E-state index in [9.17, 15) is 4.79 Å². The van der Waals surface area contributed by atoms with E-state index in [4.69, 9.17) is 16.0 Å². The molecule has 136 valence electrons. The lowest BCUT2D eigenvalue weighted by atomic mass is 10.2. The normalized spacial score (nSPS) is 11.2. The van der Waals surface area contributed by atoms with Gasteiger partial charge in [-0.2, -0.15) is 0 Å². The van der Waals surface area contributed by atoms with Crippen LogP contribution in [0.3, 0.4) is 0 Å². The first-order chi connectivity index (χ1) is 13.2. The number of aromatic nitrogens is 3. The predicted octanol–water partition coefficient (Wildman–Crippen LogP) is 5.02. The standard InChI is InChI=1S/C20H16ClN3O2S/c1-2-24-19(25)16-8-3-4-9-17(16)23-20(24)27-12-15-11-26-18(22-15)13-6-5-7-14(21)10-13/h3-11H,2,12H2,1H3. The van der Waals surface area contributed by atoms with Gasteiger partial charge >= 0.3 is 0 Å². The van der Waals surface area contributed by atoms with Crippen LogP contribution in [0.4, 0.5) is 0 Å². The summed E-state index contributed by atoms with van der Waals surface area (Å²) in [5.74, 6) is 1.07. The molecule has 4 aromatic rings. The van der Waals surface area contributed by atoms with Gasteiger partial charge in [0.05, 0.1) is 16.6 Å². The fourth-order valence-corrected chi connectivity index (χ4v) is 3.93.